The third kappa shape index (κ3) is 5.33. The Kier molecular flexibility index (Phi) is 7.23. The van der Waals surface area contributed by atoms with Crippen LogP contribution in [0.5, 0.6) is 11.5 Å². The van der Waals surface area contributed by atoms with Gasteiger partial charge in [0.1, 0.15) is 11.5 Å². The van der Waals surface area contributed by atoms with Gasteiger partial charge in [0.2, 0.25) is 5.91 Å². The van der Waals surface area contributed by atoms with E-state index in [0.29, 0.717) is 18.0 Å². The van der Waals surface area contributed by atoms with Crippen LogP contribution in [0.4, 0.5) is 0 Å². The average molecular weight is 467 g/mol. The number of methoxy groups -OCH3 is 1. The molecular weight excluding hydrogens is 436 g/mol. The van der Waals surface area contributed by atoms with Crippen LogP contribution in [0.15, 0.2) is 53.7 Å². The van der Waals surface area contributed by atoms with Crippen molar-refractivity contribution < 1.29 is 14.3 Å². The van der Waals surface area contributed by atoms with Gasteiger partial charge >= 0.3 is 0 Å². The zero-order valence-electron chi connectivity index (χ0n) is 19.5. The molecule has 7 nitrogen and oxygen atoms in total. The van der Waals surface area contributed by atoms with Crippen molar-refractivity contribution in [3.8, 4) is 11.5 Å². The van der Waals surface area contributed by atoms with Gasteiger partial charge in [0.05, 0.1) is 12.9 Å². The fourth-order valence-corrected chi connectivity index (χ4v) is 4.98. The van der Waals surface area contributed by atoms with E-state index in [9.17, 15) is 4.79 Å². The molecule has 1 aliphatic heterocycles. The number of hydrogen-bond acceptors (Lipinski definition) is 6. The van der Waals surface area contributed by atoms with E-state index in [1.807, 2.05) is 46.7 Å². The van der Waals surface area contributed by atoms with E-state index in [2.05, 4.69) is 42.2 Å². The number of carbonyl (C=O) groups is 1. The van der Waals surface area contributed by atoms with Crippen LogP contribution < -0.4 is 9.47 Å². The van der Waals surface area contributed by atoms with Gasteiger partial charge in [-0.1, -0.05) is 42.1 Å². The molecule has 1 aromatic heterocycles. The fraction of sp³-hybridized carbons (Fsp3) is 0.400. The number of rotatable bonds is 8. The third-order valence-electron chi connectivity index (χ3n) is 5.73. The normalized spacial score (nSPS) is 14.2. The summed E-state index contributed by atoms with van der Waals surface area (Å²) < 4.78 is 13.4. The van der Waals surface area contributed by atoms with Gasteiger partial charge in [-0.3, -0.25) is 4.79 Å². The summed E-state index contributed by atoms with van der Waals surface area (Å²) in [5.74, 6) is 2.62. The van der Waals surface area contributed by atoms with E-state index in [1.54, 1.807) is 7.11 Å². The minimum atomic E-state index is -0.310. The molecule has 2 aromatic carbocycles. The maximum atomic E-state index is 12.9. The van der Waals surface area contributed by atoms with Crippen LogP contribution in [-0.2, 0) is 17.8 Å². The summed E-state index contributed by atoms with van der Waals surface area (Å²) >= 11 is 1.43. The molecule has 0 N–H and O–H groups in total. The molecule has 0 radical (unpaired) electrons. The fourth-order valence-electron chi connectivity index (χ4n) is 4.01. The molecule has 2 heterocycles. The van der Waals surface area contributed by atoms with E-state index < -0.39 is 0 Å². The first-order valence-corrected chi connectivity index (χ1v) is 12.2. The second-order valence-electron chi connectivity index (χ2n) is 8.37. The summed E-state index contributed by atoms with van der Waals surface area (Å²) in [6.07, 6.45) is 0.591. The summed E-state index contributed by atoms with van der Waals surface area (Å²) in [6.45, 7) is 7.54. The van der Waals surface area contributed by atoms with Crippen LogP contribution in [0.1, 0.15) is 49.9 Å². The summed E-state index contributed by atoms with van der Waals surface area (Å²) in [5, 5.41) is 9.52. The molecule has 1 unspecified atom stereocenters. The number of aromatic nitrogens is 3. The van der Waals surface area contributed by atoms with Crippen LogP contribution in [0.25, 0.3) is 0 Å². The number of carbonyl (C=O) groups excluding carboxylic acids is 1. The van der Waals surface area contributed by atoms with E-state index in [-0.39, 0.29) is 18.1 Å². The molecule has 0 fully saturated rings. The van der Waals surface area contributed by atoms with Gasteiger partial charge in [-0.05, 0) is 50.5 Å². The Hall–Kier alpha value is -3.00. The molecule has 4 rings (SSSR count). The smallest absolute Gasteiger partial charge is 0.233 e. The Morgan fingerprint density at radius 3 is 2.58 bits per heavy atom. The van der Waals surface area contributed by atoms with Crippen molar-refractivity contribution in [1.82, 2.24) is 19.7 Å². The molecule has 33 heavy (non-hydrogen) atoms. The van der Waals surface area contributed by atoms with Gasteiger partial charge in [-0.15, -0.1) is 10.2 Å². The Labute approximate surface area is 199 Å². The molecule has 0 saturated carbocycles. The monoisotopic (exact) mass is 466 g/mol. The largest absolute Gasteiger partial charge is 0.497 e. The van der Waals surface area contributed by atoms with Crippen molar-refractivity contribution in [1.29, 1.82) is 0 Å². The molecule has 3 aromatic rings. The average Bonchev–Trinajstić information content (AvgIpc) is 3.27. The molecule has 0 spiro atoms. The van der Waals surface area contributed by atoms with Crippen LogP contribution in [0.3, 0.4) is 0 Å². The predicted octanol–water partition coefficient (Wildman–Crippen LogP) is 4.68. The third-order valence-corrected chi connectivity index (χ3v) is 6.66. The minimum absolute atomic E-state index is 0.120. The van der Waals surface area contributed by atoms with Crippen molar-refractivity contribution in [2.24, 2.45) is 0 Å². The summed E-state index contributed by atoms with van der Waals surface area (Å²) in [5.41, 5.74) is 2.57. The Morgan fingerprint density at radius 1 is 1.06 bits per heavy atom. The maximum absolute atomic E-state index is 12.9. The van der Waals surface area contributed by atoms with Gasteiger partial charge in [0.25, 0.3) is 0 Å². The van der Waals surface area contributed by atoms with Crippen LogP contribution in [0, 0.1) is 0 Å². The molecule has 8 heteroatoms. The Bertz CT molecular complexity index is 1110. The molecule has 174 valence electrons. The van der Waals surface area contributed by atoms with Crippen LogP contribution in [0.2, 0.25) is 0 Å². The Morgan fingerprint density at radius 2 is 1.82 bits per heavy atom. The highest BCUT2D eigenvalue weighted by Crippen LogP contribution is 2.29. The number of ether oxygens (including phenoxy) is 2. The zero-order valence-corrected chi connectivity index (χ0v) is 20.3. The number of thioether (sulfide) groups is 1. The quantitative estimate of drug-likeness (QED) is 0.449. The first-order chi connectivity index (χ1) is 16.0. The molecule has 0 saturated heterocycles. The van der Waals surface area contributed by atoms with Gasteiger partial charge in [0.15, 0.2) is 17.1 Å². The molecule has 0 aliphatic carbocycles. The predicted molar refractivity (Wildman–Crippen MR) is 129 cm³/mol. The number of amides is 1. The van der Waals surface area contributed by atoms with Gasteiger partial charge in [-0.25, -0.2) is 0 Å². The molecule has 1 amide bonds. The first-order valence-electron chi connectivity index (χ1n) is 11.2. The summed E-state index contributed by atoms with van der Waals surface area (Å²) in [4.78, 5) is 14.8. The van der Waals surface area contributed by atoms with Gasteiger partial charge in [0, 0.05) is 25.2 Å². The maximum Gasteiger partial charge on any atom is 0.233 e. The van der Waals surface area contributed by atoms with Crippen molar-refractivity contribution >= 4 is 17.7 Å². The summed E-state index contributed by atoms with van der Waals surface area (Å²) in [7, 11) is 1.63. The Balaban J connectivity index is 1.43. The molecule has 1 aliphatic rings. The minimum Gasteiger partial charge on any atom is -0.497 e. The SMILES string of the molecule is COc1cccc(OC(C)c2nnc(SCC(=O)N3CCc4ccccc4C3)n2C(C)C)c1. The number of fused-ring (bicyclic) bond motifs is 1. The highest BCUT2D eigenvalue weighted by molar-refractivity contribution is 7.99. The second kappa shape index (κ2) is 10.3. The van der Waals surface area contributed by atoms with Crippen molar-refractivity contribution in [3.63, 3.8) is 0 Å². The van der Waals surface area contributed by atoms with Crippen molar-refractivity contribution in [2.45, 2.75) is 51.0 Å². The van der Waals surface area contributed by atoms with Crippen LogP contribution in [-0.4, -0.2) is 45.0 Å². The molecule has 1 atom stereocenters. The summed E-state index contributed by atoms with van der Waals surface area (Å²) in [6, 6.07) is 16.0. The lowest BCUT2D eigenvalue weighted by Gasteiger charge is -2.28. The molecular formula is C25H30N4O3S. The lowest BCUT2D eigenvalue weighted by atomic mass is 10.00. The zero-order chi connectivity index (χ0) is 23.4. The van der Waals surface area contributed by atoms with Crippen LogP contribution >= 0.6 is 11.8 Å². The van der Waals surface area contributed by atoms with E-state index >= 15 is 0 Å². The molecule has 0 bridgehead atoms. The van der Waals surface area contributed by atoms with Crippen molar-refractivity contribution in [3.05, 3.63) is 65.5 Å². The van der Waals surface area contributed by atoms with E-state index in [0.717, 1.165) is 29.7 Å². The van der Waals surface area contributed by atoms with Crippen molar-refractivity contribution in [2.75, 3.05) is 19.4 Å². The number of hydrogen-bond donors (Lipinski definition) is 0. The van der Waals surface area contributed by atoms with Gasteiger partial charge < -0.3 is 18.9 Å². The highest BCUT2D eigenvalue weighted by atomic mass is 32.2. The number of benzene rings is 2. The second-order valence-corrected chi connectivity index (χ2v) is 9.31. The van der Waals surface area contributed by atoms with E-state index in [1.165, 1.54) is 22.9 Å². The van der Waals surface area contributed by atoms with Gasteiger partial charge in [-0.2, -0.15) is 0 Å². The topological polar surface area (TPSA) is 69.5 Å². The van der Waals surface area contributed by atoms with E-state index in [4.69, 9.17) is 9.47 Å². The first kappa shape index (κ1) is 23.2. The standard InChI is InChI=1S/C25H30N4O3S/c1-17(2)29-24(18(3)32-22-11-7-10-21(14-22)31-4)26-27-25(29)33-16-23(30)28-13-12-19-8-5-6-9-20(19)15-28/h5-11,14,17-18H,12-13,15-16H2,1-4H3. The highest BCUT2D eigenvalue weighted by Gasteiger charge is 2.24. The lowest BCUT2D eigenvalue weighted by Crippen LogP contribution is -2.37. The number of nitrogens with zero attached hydrogens (tertiary/aromatic N) is 4. The lowest BCUT2D eigenvalue weighted by molar-refractivity contribution is -0.129.